The molecule has 27 heavy (non-hydrogen) atoms. The van der Waals surface area contributed by atoms with Gasteiger partial charge in [-0.15, -0.1) is 0 Å². The molecule has 136 valence electrons. The number of aromatic nitrogens is 2. The number of methoxy groups -OCH3 is 1. The number of fused-ring (bicyclic) bond motifs is 1. The van der Waals surface area contributed by atoms with Gasteiger partial charge in [0, 0.05) is 41.8 Å². The monoisotopic (exact) mass is 364 g/mol. The summed E-state index contributed by atoms with van der Waals surface area (Å²) in [7, 11) is 1.41. The van der Waals surface area contributed by atoms with Crippen LogP contribution in [0.25, 0.3) is 28.0 Å². The summed E-state index contributed by atoms with van der Waals surface area (Å²) >= 11 is 0. The van der Waals surface area contributed by atoms with Crippen LogP contribution >= 0.6 is 0 Å². The highest BCUT2D eigenvalue weighted by Gasteiger charge is 2.15. The minimum atomic E-state index is -0.608. The van der Waals surface area contributed by atoms with Crippen LogP contribution in [0.4, 0.5) is 8.78 Å². The van der Waals surface area contributed by atoms with Crippen LogP contribution in [0, 0.1) is 18.6 Å². The van der Waals surface area contributed by atoms with Crippen LogP contribution in [0.5, 0.6) is 0 Å². The highest BCUT2D eigenvalue weighted by atomic mass is 19.1. The molecule has 0 aliphatic carbocycles. The summed E-state index contributed by atoms with van der Waals surface area (Å²) in [5.74, 6) is -1.21. The van der Waals surface area contributed by atoms with E-state index in [4.69, 9.17) is 4.74 Å². The molecule has 0 aliphatic heterocycles. The quantitative estimate of drug-likeness (QED) is 0.485. The van der Waals surface area contributed by atoms with Crippen molar-refractivity contribution in [2.45, 2.75) is 13.5 Å². The third kappa shape index (κ3) is 3.22. The third-order valence-corrected chi connectivity index (χ3v) is 4.58. The zero-order valence-electron chi connectivity index (χ0n) is 15.0. The van der Waals surface area contributed by atoms with E-state index in [0.29, 0.717) is 11.1 Å². The van der Waals surface area contributed by atoms with Crippen LogP contribution in [-0.4, -0.2) is 16.5 Å². The molecule has 0 atom stereocenters. The predicted molar refractivity (Wildman–Crippen MR) is 101 cm³/mol. The largest absolute Gasteiger partial charge is 0.380 e. The Balaban J connectivity index is 1.78. The number of imidazole rings is 1. The lowest BCUT2D eigenvalue weighted by atomic mass is 10.0. The molecule has 0 fully saturated rings. The maximum absolute atomic E-state index is 14.8. The second kappa shape index (κ2) is 6.93. The Morgan fingerprint density at radius 1 is 0.926 bits per heavy atom. The molecule has 0 unspecified atom stereocenters. The van der Waals surface area contributed by atoms with Crippen molar-refractivity contribution in [3.8, 4) is 22.4 Å². The summed E-state index contributed by atoms with van der Waals surface area (Å²) in [5, 5.41) is 0. The van der Waals surface area contributed by atoms with E-state index in [1.807, 2.05) is 47.9 Å². The number of benzene rings is 2. The van der Waals surface area contributed by atoms with Crippen LogP contribution < -0.4 is 0 Å². The lowest BCUT2D eigenvalue weighted by Gasteiger charge is -2.09. The first-order valence-corrected chi connectivity index (χ1v) is 8.59. The average molecular weight is 364 g/mol. The molecule has 2 aromatic carbocycles. The third-order valence-electron chi connectivity index (χ3n) is 4.58. The van der Waals surface area contributed by atoms with Gasteiger partial charge in [0.1, 0.15) is 17.3 Å². The van der Waals surface area contributed by atoms with E-state index in [1.54, 1.807) is 12.3 Å². The van der Waals surface area contributed by atoms with Crippen LogP contribution in [0.15, 0.2) is 60.9 Å². The second-order valence-electron chi connectivity index (χ2n) is 6.50. The van der Waals surface area contributed by atoms with E-state index in [2.05, 4.69) is 4.98 Å². The number of pyridine rings is 1. The fourth-order valence-corrected chi connectivity index (χ4v) is 3.11. The highest BCUT2D eigenvalue weighted by molar-refractivity contribution is 5.68. The summed E-state index contributed by atoms with van der Waals surface area (Å²) in [4.78, 5) is 4.62. The minimum Gasteiger partial charge on any atom is -0.380 e. The number of hydrogen-bond acceptors (Lipinski definition) is 2. The first-order valence-electron chi connectivity index (χ1n) is 8.59. The molecule has 0 radical (unpaired) electrons. The van der Waals surface area contributed by atoms with E-state index in [0.717, 1.165) is 16.9 Å². The molecular formula is C22H18F2N2O. The molecule has 5 heteroatoms. The normalized spacial score (nSPS) is 11.3. The van der Waals surface area contributed by atoms with E-state index in [-0.39, 0.29) is 12.2 Å². The Bertz CT molecular complexity index is 1120. The number of rotatable bonds is 4. The summed E-state index contributed by atoms with van der Waals surface area (Å²) in [5.41, 5.74) is 4.70. The van der Waals surface area contributed by atoms with E-state index < -0.39 is 11.6 Å². The van der Waals surface area contributed by atoms with Crippen LogP contribution in [0.3, 0.4) is 0 Å². The van der Waals surface area contributed by atoms with Gasteiger partial charge in [0.15, 0.2) is 0 Å². The van der Waals surface area contributed by atoms with Crippen molar-refractivity contribution in [3.05, 3.63) is 83.7 Å². The summed E-state index contributed by atoms with van der Waals surface area (Å²) in [6.45, 7) is 1.92. The van der Waals surface area contributed by atoms with E-state index >= 15 is 0 Å². The van der Waals surface area contributed by atoms with Crippen molar-refractivity contribution in [3.63, 3.8) is 0 Å². The molecule has 2 aromatic heterocycles. The molecule has 0 amide bonds. The van der Waals surface area contributed by atoms with Crippen molar-refractivity contribution >= 4 is 5.65 Å². The summed E-state index contributed by atoms with van der Waals surface area (Å²) < 4.78 is 35.4. The molecule has 0 bridgehead atoms. The van der Waals surface area contributed by atoms with Gasteiger partial charge in [-0.2, -0.15) is 0 Å². The zero-order valence-corrected chi connectivity index (χ0v) is 15.0. The first-order chi connectivity index (χ1) is 13.1. The Hall–Kier alpha value is -3.05. The number of ether oxygens (including phenoxy) is 1. The number of hydrogen-bond donors (Lipinski definition) is 0. The summed E-state index contributed by atoms with van der Waals surface area (Å²) in [6, 6.07) is 14.4. The molecular weight excluding hydrogens is 346 g/mol. The van der Waals surface area contributed by atoms with Gasteiger partial charge < -0.3 is 9.14 Å². The lowest BCUT2D eigenvalue weighted by Crippen LogP contribution is -2.00. The van der Waals surface area contributed by atoms with Crippen LogP contribution in [-0.2, 0) is 11.3 Å². The second-order valence-corrected chi connectivity index (χ2v) is 6.50. The Morgan fingerprint density at radius 3 is 2.41 bits per heavy atom. The van der Waals surface area contributed by atoms with Crippen molar-refractivity contribution in [1.29, 1.82) is 0 Å². The van der Waals surface area contributed by atoms with Gasteiger partial charge in [-0.1, -0.05) is 29.8 Å². The van der Waals surface area contributed by atoms with Crippen molar-refractivity contribution in [2.24, 2.45) is 0 Å². The van der Waals surface area contributed by atoms with Crippen LogP contribution in [0.1, 0.15) is 11.1 Å². The van der Waals surface area contributed by atoms with Gasteiger partial charge in [-0.3, -0.25) is 0 Å². The highest BCUT2D eigenvalue weighted by Crippen LogP contribution is 2.28. The molecule has 2 heterocycles. The molecule has 0 saturated heterocycles. The Labute approximate surface area is 155 Å². The number of halogens is 2. The number of nitrogens with zero attached hydrogens (tertiary/aromatic N) is 2. The van der Waals surface area contributed by atoms with Gasteiger partial charge in [0.25, 0.3) is 0 Å². The molecule has 0 N–H and O–H groups in total. The fourth-order valence-electron chi connectivity index (χ4n) is 3.11. The first kappa shape index (κ1) is 17.4. The average Bonchev–Trinajstić information content (AvgIpc) is 3.09. The minimum absolute atomic E-state index is 0.0685. The van der Waals surface area contributed by atoms with Crippen LogP contribution in [0.2, 0.25) is 0 Å². The fraction of sp³-hybridized carbons (Fsp3) is 0.136. The lowest BCUT2D eigenvalue weighted by molar-refractivity contribution is 0.177. The van der Waals surface area contributed by atoms with Crippen molar-refractivity contribution < 1.29 is 13.5 Å². The maximum Gasteiger partial charge on any atom is 0.139 e. The predicted octanol–water partition coefficient (Wildman–Crippen LogP) is 5.40. The van der Waals surface area contributed by atoms with Gasteiger partial charge in [-0.25, -0.2) is 13.8 Å². The standard InChI is InChI=1S/C22H18F2N2O/c1-14-3-5-15(6-4-14)20-12-26-11-16(7-10-21(26)25-20)17-8-9-19(23)18(13-27-2)22(17)24/h3-12H,13H2,1-2H3. The van der Waals surface area contributed by atoms with Crippen molar-refractivity contribution in [1.82, 2.24) is 9.38 Å². The Kier molecular flexibility index (Phi) is 4.46. The topological polar surface area (TPSA) is 26.5 Å². The molecule has 3 nitrogen and oxygen atoms in total. The SMILES string of the molecule is COCc1c(F)ccc(-c2ccc3nc(-c4ccc(C)cc4)cn3c2)c1F. The molecule has 0 spiro atoms. The number of aryl methyl sites for hydroxylation is 1. The smallest absolute Gasteiger partial charge is 0.139 e. The maximum atomic E-state index is 14.8. The van der Waals surface area contributed by atoms with Gasteiger partial charge in [-0.05, 0) is 31.2 Å². The molecule has 0 saturated carbocycles. The van der Waals surface area contributed by atoms with Crippen molar-refractivity contribution in [2.75, 3.05) is 7.11 Å². The molecule has 0 aliphatic rings. The molecule has 4 rings (SSSR count). The summed E-state index contributed by atoms with van der Waals surface area (Å²) in [6.07, 6.45) is 3.70. The zero-order chi connectivity index (χ0) is 19.0. The van der Waals surface area contributed by atoms with E-state index in [9.17, 15) is 8.78 Å². The van der Waals surface area contributed by atoms with Gasteiger partial charge >= 0.3 is 0 Å². The Morgan fingerprint density at radius 2 is 1.67 bits per heavy atom. The van der Waals surface area contributed by atoms with Gasteiger partial charge in [0.05, 0.1) is 12.3 Å². The van der Waals surface area contributed by atoms with Gasteiger partial charge in [0.2, 0.25) is 0 Å². The van der Waals surface area contributed by atoms with E-state index in [1.165, 1.54) is 24.8 Å². The molecule has 4 aromatic rings.